The predicted molar refractivity (Wildman–Crippen MR) is 67.5 cm³/mol. The van der Waals surface area contributed by atoms with Gasteiger partial charge in [-0.05, 0) is 36.1 Å². The third-order valence-corrected chi connectivity index (χ3v) is 3.00. The van der Waals surface area contributed by atoms with E-state index in [4.69, 9.17) is 5.26 Å². The van der Waals surface area contributed by atoms with Crippen molar-refractivity contribution in [1.82, 2.24) is 5.32 Å². The van der Waals surface area contributed by atoms with Gasteiger partial charge in [0.1, 0.15) is 0 Å². The summed E-state index contributed by atoms with van der Waals surface area (Å²) in [5, 5.41) is 11.5. The van der Waals surface area contributed by atoms with E-state index in [1.165, 1.54) is 0 Å². The van der Waals surface area contributed by atoms with Gasteiger partial charge >= 0.3 is 0 Å². The Kier molecular flexibility index (Phi) is 4.71. The van der Waals surface area contributed by atoms with E-state index in [2.05, 4.69) is 26.1 Å². The van der Waals surface area contributed by atoms with Crippen molar-refractivity contribution in [3.63, 3.8) is 0 Å². The predicted octanol–water partition coefficient (Wildman–Crippen LogP) is 2.58. The second-order valence-electron chi connectivity index (χ2n) is 4.62. The number of carbonyl (C=O) groups excluding carboxylic acids is 1. The van der Waals surface area contributed by atoms with E-state index in [9.17, 15) is 4.79 Å². The fourth-order valence-electron chi connectivity index (χ4n) is 1.29. The molecule has 1 rings (SSSR count). The van der Waals surface area contributed by atoms with Crippen molar-refractivity contribution in [2.24, 2.45) is 11.8 Å². The van der Waals surface area contributed by atoms with E-state index in [1.807, 2.05) is 6.07 Å². The van der Waals surface area contributed by atoms with Crippen molar-refractivity contribution in [3.8, 4) is 6.07 Å². The topological polar surface area (TPSA) is 52.9 Å². The van der Waals surface area contributed by atoms with Crippen LogP contribution in [0, 0.1) is 23.2 Å². The molecule has 0 saturated carbocycles. The summed E-state index contributed by atoms with van der Waals surface area (Å²) < 4.78 is 0. The first-order chi connectivity index (χ1) is 8.04. The quantitative estimate of drug-likeness (QED) is 0.864. The summed E-state index contributed by atoms with van der Waals surface area (Å²) in [4.78, 5) is 11.8. The van der Waals surface area contributed by atoms with E-state index in [-0.39, 0.29) is 5.91 Å². The monoisotopic (exact) mass is 230 g/mol. The Labute approximate surface area is 102 Å². The maximum atomic E-state index is 11.8. The molecule has 0 aliphatic heterocycles. The van der Waals surface area contributed by atoms with Crippen molar-refractivity contribution >= 4 is 5.91 Å². The smallest absolute Gasteiger partial charge is 0.251 e. The molecule has 1 unspecified atom stereocenters. The molecule has 0 bridgehead atoms. The van der Waals surface area contributed by atoms with Gasteiger partial charge in [-0.3, -0.25) is 4.79 Å². The molecule has 1 atom stereocenters. The highest BCUT2D eigenvalue weighted by Gasteiger charge is 2.10. The zero-order valence-corrected chi connectivity index (χ0v) is 10.5. The van der Waals surface area contributed by atoms with Crippen LogP contribution in [0.4, 0.5) is 0 Å². The molecule has 3 nitrogen and oxygen atoms in total. The van der Waals surface area contributed by atoms with Gasteiger partial charge in [-0.25, -0.2) is 0 Å². The molecular formula is C14H18N2O. The van der Waals surface area contributed by atoms with Gasteiger partial charge in [-0.15, -0.1) is 0 Å². The molecule has 0 radical (unpaired) electrons. The lowest BCUT2D eigenvalue weighted by Gasteiger charge is -2.16. The van der Waals surface area contributed by atoms with Gasteiger partial charge in [0, 0.05) is 12.1 Å². The second-order valence-corrected chi connectivity index (χ2v) is 4.62. The van der Waals surface area contributed by atoms with Gasteiger partial charge in [0.05, 0.1) is 11.6 Å². The largest absolute Gasteiger partial charge is 0.352 e. The van der Waals surface area contributed by atoms with Crippen LogP contribution in [0.15, 0.2) is 24.3 Å². The highest BCUT2D eigenvalue weighted by atomic mass is 16.1. The molecule has 1 amide bonds. The van der Waals surface area contributed by atoms with Gasteiger partial charge in [-0.2, -0.15) is 5.26 Å². The number of nitrogens with one attached hydrogen (secondary N) is 1. The van der Waals surface area contributed by atoms with Gasteiger partial charge in [0.15, 0.2) is 0 Å². The van der Waals surface area contributed by atoms with Gasteiger partial charge in [0.2, 0.25) is 0 Å². The van der Waals surface area contributed by atoms with Crippen LogP contribution in [-0.2, 0) is 0 Å². The molecule has 0 aromatic heterocycles. The van der Waals surface area contributed by atoms with Crippen molar-refractivity contribution in [3.05, 3.63) is 35.4 Å². The van der Waals surface area contributed by atoms with Crippen molar-refractivity contribution in [2.45, 2.75) is 20.8 Å². The standard InChI is InChI=1S/C14H18N2O/c1-10(2)11(3)9-16-14(17)13-6-4-12(8-15)5-7-13/h4-7,10-11H,9H2,1-3H3,(H,16,17). The Morgan fingerprint density at radius 1 is 1.29 bits per heavy atom. The number of hydrogen-bond acceptors (Lipinski definition) is 2. The number of rotatable bonds is 4. The molecule has 0 fully saturated rings. The summed E-state index contributed by atoms with van der Waals surface area (Å²) in [5.41, 5.74) is 1.16. The molecule has 17 heavy (non-hydrogen) atoms. The SMILES string of the molecule is CC(C)C(C)CNC(=O)c1ccc(C#N)cc1. The van der Waals surface area contributed by atoms with Crippen LogP contribution in [0.3, 0.4) is 0 Å². The lowest BCUT2D eigenvalue weighted by atomic mass is 9.98. The van der Waals surface area contributed by atoms with Crippen molar-refractivity contribution in [1.29, 1.82) is 5.26 Å². The number of hydrogen-bond donors (Lipinski definition) is 1. The molecule has 0 heterocycles. The van der Waals surface area contributed by atoms with E-state index in [0.29, 0.717) is 29.5 Å². The third kappa shape index (κ3) is 3.92. The summed E-state index contributed by atoms with van der Waals surface area (Å²) in [6, 6.07) is 8.68. The number of carbonyl (C=O) groups is 1. The molecule has 90 valence electrons. The number of nitriles is 1. The molecule has 1 aromatic rings. The molecule has 0 aliphatic rings. The van der Waals surface area contributed by atoms with Crippen LogP contribution in [0.2, 0.25) is 0 Å². The lowest BCUT2D eigenvalue weighted by molar-refractivity contribution is 0.0945. The van der Waals surface area contributed by atoms with Crippen molar-refractivity contribution < 1.29 is 4.79 Å². The minimum absolute atomic E-state index is 0.0815. The minimum Gasteiger partial charge on any atom is -0.352 e. The number of benzene rings is 1. The van der Waals surface area contributed by atoms with Gasteiger partial charge in [-0.1, -0.05) is 20.8 Å². The molecule has 1 N–H and O–H groups in total. The maximum absolute atomic E-state index is 11.8. The average molecular weight is 230 g/mol. The van der Waals surface area contributed by atoms with E-state index in [0.717, 1.165) is 0 Å². The zero-order chi connectivity index (χ0) is 12.8. The Bertz CT molecular complexity index is 415. The van der Waals surface area contributed by atoms with E-state index in [1.54, 1.807) is 24.3 Å². The van der Waals surface area contributed by atoms with Crippen LogP contribution >= 0.6 is 0 Å². The fraction of sp³-hybridized carbons (Fsp3) is 0.429. The number of amides is 1. The average Bonchev–Trinajstić information content (AvgIpc) is 2.35. The first kappa shape index (κ1) is 13.2. The lowest BCUT2D eigenvalue weighted by Crippen LogP contribution is -2.30. The Balaban J connectivity index is 2.56. The van der Waals surface area contributed by atoms with Crippen LogP contribution in [0.1, 0.15) is 36.7 Å². The molecule has 0 saturated heterocycles. The summed E-state index contributed by atoms with van der Waals surface area (Å²) in [6.45, 7) is 7.07. The Morgan fingerprint density at radius 2 is 1.88 bits per heavy atom. The summed E-state index contributed by atoms with van der Waals surface area (Å²) in [6.07, 6.45) is 0. The van der Waals surface area contributed by atoms with Gasteiger partial charge in [0.25, 0.3) is 5.91 Å². The molecular weight excluding hydrogens is 212 g/mol. The van der Waals surface area contributed by atoms with Crippen LogP contribution < -0.4 is 5.32 Å². The second kappa shape index (κ2) is 6.05. The van der Waals surface area contributed by atoms with Crippen LogP contribution in [-0.4, -0.2) is 12.5 Å². The molecule has 3 heteroatoms. The maximum Gasteiger partial charge on any atom is 0.251 e. The van der Waals surface area contributed by atoms with Crippen molar-refractivity contribution in [2.75, 3.05) is 6.54 Å². The normalized spacial score (nSPS) is 11.9. The molecule has 0 spiro atoms. The first-order valence-corrected chi connectivity index (χ1v) is 5.83. The highest BCUT2D eigenvalue weighted by Crippen LogP contribution is 2.08. The Morgan fingerprint density at radius 3 is 2.35 bits per heavy atom. The highest BCUT2D eigenvalue weighted by molar-refractivity contribution is 5.94. The fourth-order valence-corrected chi connectivity index (χ4v) is 1.29. The number of nitrogens with zero attached hydrogens (tertiary/aromatic N) is 1. The van der Waals surface area contributed by atoms with Crippen LogP contribution in [0.5, 0.6) is 0 Å². The Hall–Kier alpha value is -1.82. The third-order valence-electron chi connectivity index (χ3n) is 3.00. The van der Waals surface area contributed by atoms with E-state index >= 15 is 0 Å². The minimum atomic E-state index is -0.0815. The van der Waals surface area contributed by atoms with Gasteiger partial charge < -0.3 is 5.32 Å². The molecule has 0 aliphatic carbocycles. The van der Waals surface area contributed by atoms with E-state index < -0.39 is 0 Å². The summed E-state index contributed by atoms with van der Waals surface area (Å²) >= 11 is 0. The summed E-state index contributed by atoms with van der Waals surface area (Å²) in [7, 11) is 0. The summed E-state index contributed by atoms with van der Waals surface area (Å²) in [5.74, 6) is 0.926. The first-order valence-electron chi connectivity index (χ1n) is 5.83. The zero-order valence-electron chi connectivity index (χ0n) is 10.5. The van der Waals surface area contributed by atoms with Crippen LogP contribution in [0.25, 0.3) is 0 Å². The molecule has 1 aromatic carbocycles.